The summed E-state index contributed by atoms with van der Waals surface area (Å²) in [5.74, 6) is -0.886. The third-order valence-electron chi connectivity index (χ3n) is 3.95. The molecule has 0 saturated heterocycles. The molecule has 0 radical (unpaired) electrons. The molecule has 19 heavy (non-hydrogen) atoms. The number of hydrogen-bond donors (Lipinski definition) is 1. The average Bonchev–Trinajstić information content (AvgIpc) is 2.81. The van der Waals surface area contributed by atoms with Gasteiger partial charge in [-0.25, -0.2) is 4.39 Å². The van der Waals surface area contributed by atoms with Crippen LogP contribution in [0.2, 0.25) is 0 Å². The van der Waals surface area contributed by atoms with Crippen molar-refractivity contribution in [3.05, 3.63) is 35.8 Å². The van der Waals surface area contributed by atoms with E-state index in [2.05, 4.69) is 0 Å². The molecule has 2 aromatic rings. The second-order valence-corrected chi connectivity index (χ2v) is 5.17. The van der Waals surface area contributed by atoms with Crippen molar-refractivity contribution in [2.24, 2.45) is 5.92 Å². The number of rotatable bonds is 2. The molecule has 2 atom stereocenters. The molecule has 0 spiro atoms. The zero-order valence-electron chi connectivity index (χ0n) is 10.4. The summed E-state index contributed by atoms with van der Waals surface area (Å²) in [7, 11) is 0. The Morgan fingerprint density at radius 2 is 2.05 bits per heavy atom. The van der Waals surface area contributed by atoms with Gasteiger partial charge in [-0.05, 0) is 37.1 Å². The highest BCUT2D eigenvalue weighted by atomic mass is 19.1. The van der Waals surface area contributed by atoms with Gasteiger partial charge < -0.3 is 9.52 Å². The van der Waals surface area contributed by atoms with Crippen LogP contribution in [0.1, 0.15) is 37.4 Å². The molecule has 1 N–H and O–H groups in total. The number of halogens is 1. The van der Waals surface area contributed by atoms with E-state index >= 15 is 0 Å². The Morgan fingerprint density at radius 3 is 2.84 bits per heavy atom. The summed E-state index contributed by atoms with van der Waals surface area (Å²) in [5.41, 5.74) is 0.617. The summed E-state index contributed by atoms with van der Waals surface area (Å²) in [5, 5.41) is 9.99. The summed E-state index contributed by atoms with van der Waals surface area (Å²) in [6, 6.07) is 6.14. The molecule has 1 saturated carbocycles. The molecule has 1 aliphatic rings. The van der Waals surface area contributed by atoms with Gasteiger partial charge in [-0.15, -0.1) is 0 Å². The molecule has 0 bridgehead atoms. The van der Waals surface area contributed by atoms with Gasteiger partial charge in [0.2, 0.25) is 0 Å². The van der Waals surface area contributed by atoms with Crippen molar-refractivity contribution >= 4 is 16.9 Å². The number of carboxylic acid groups (broad SMARTS) is 1. The molecular weight excluding hydrogens is 247 g/mol. The van der Waals surface area contributed by atoms with Crippen LogP contribution in [-0.4, -0.2) is 11.1 Å². The van der Waals surface area contributed by atoms with Gasteiger partial charge in [-0.3, -0.25) is 4.79 Å². The fraction of sp³-hybridized carbons (Fsp3) is 0.400. The highest BCUT2D eigenvalue weighted by Crippen LogP contribution is 2.40. The topological polar surface area (TPSA) is 50.4 Å². The number of fused-ring (bicyclic) bond motifs is 1. The van der Waals surface area contributed by atoms with Crippen molar-refractivity contribution in [3.63, 3.8) is 0 Å². The monoisotopic (exact) mass is 262 g/mol. The number of hydrogen-bond acceptors (Lipinski definition) is 2. The highest BCUT2D eigenvalue weighted by molar-refractivity contribution is 5.78. The summed E-state index contributed by atoms with van der Waals surface area (Å²) in [6.07, 6.45) is 3.47. The second kappa shape index (κ2) is 4.68. The second-order valence-electron chi connectivity index (χ2n) is 5.17. The minimum atomic E-state index is -0.767. The van der Waals surface area contributed by atoms with Crippen molar-refractivity contribution in [1.82, 2.24) is 0 Å². The first kappa shape index (κ1) is 12.2. The van der Waals surface area contributed by atoms with Gasteiger partial charge >= 0.3 is 5.97 Å². The van der Waals surface area contributed by atoms with Gasteiger partial charge in [0, 0.05) is 11.3 Å². The van der Waals surface area contributed by atoms with Gasteiger partial charge in [0.25, 0.3) is 0 Å². The predicted molar refractivity (Wildman–Crippen MR) is 68.5 cm³/mol. The fourth-order valence-electron chi connectivity index (χ4n) is 2.98. The fourth-order valence-corrected chi connectivity index (χ4v) is 2.98. The molecule has 3 rings (SSSR count). The number of carbonyl (C=O) groups is 1. The van der Waals surface area contributed by atoms with Gasteiger partial charge in [-0.2, -0.15) is 0 Å². The molecule has 1 fully saturated rings. The molecule has 0 aliphatic heterocycles. The van der Waals surface area contributed by atoms with Crippen molar-refractivity contribution in [2.45, 2.75) is 31.6 Å². The Kier molecular flexibility index (Phi) is 3.01. The predicted octanol–water partition coefficient (Wildman–Crippen LogP) is 3.93. The SMILES string of the molecule is O=C(O)C1CCCCC1c1cc2cc(F)ccc2o1. The third kappa shape index (κ3) is 2.23. The standard InChI is InChI=1S/C15H15FO3/c16-10-5-6-13-9(7-10)8-14(19-13)11-3-1-2-4-12(11)15(17)18/h5-8,11-12H,1-4H2,(H,17,18). The first-order chi connectivity index (χ1) is 9.15. The summed E-state index contributed by atoms with van der Waals surface area (Å²) in [4.78, 5) is 11.3. The lowest BCUT2D eigenvalue weighted by Crippen LogP contribution is -2.25. The molecule has 1 heterocycles. The quantitative estimate of drug-likeness (QED) is 0.892. The molecule has 0 amide bonds. The normalized spacial score (nSPS) is 23.6. The van der Waals surface area contributed by atoms with E-state index in [1.807, 2.05) is 0 Å². The van der Waals surface area contributed by atoms with Crippen LogP contribution in [0.5, 0.6) is 0 Å². The van der Waals surface area contributed by atoms with E-state index in [1.54, 1.807) is 12.1 Å². The van der Waals surface area contributed by atoms with E-state index in [0.717, 1.165) is 19.3 Å². The van der Waals surface area contributed by atoms with Gasteiger partial charge in [0.05, 0.1) is 5.92 Å². The maximum atomic E-state index is 13.2. The molecule has 4 heteroatoms. The Hall–Kier alpha value is -1.84. The Labute approximate surface area is 110 Å². The van der Waals surface area contributed by atoms with Crippen LogP contribution in [-0.2, 0) is 4.79 Å². The van der Waals surface area contributed by atoms with Crippen molar-refractivity contribution in [2.75, 3.05) is 0 Å². The van der Waals surface area contributed by atoms with E-state index in [1.165, 1.54) is 12.1 Å². The Balaban J connectivity index is 1.99. The molecule has 100 valence electrons. The third-order valence-corrected chi connectivity index (χ3v) is 3.95. The smallest absolute Gasteiger partial charge is 0.307 e. The maximum absolute atomic E-state index is 13.2. The maximum Gasteiger partial charge on any atom is 0.307 e. The first-order valence-corrected chi connectivity index (χ1v) is 6.57. The Bertz CT molecular complexity index is 617. The van der Waals surface area contributed by atoms with Gasteiger partial charge in [0.15, 0.2) is 0 Å². The average molecular weight is 262 g/mol. The minimum Gasteiger partial charge on any atom is -0.481 e. The van der Waals surface area contributed by atoms with Crippen LogP contribution in [0, 0.1) is 11.7 Å². The van der Waals surface area contributed by atoms with Crippen LogP contribution in [0.15, 0.2) is 28.7 Å². The molecule has 1 aliphatic carbocycles. The summed E-state index contributed by atoms with van der Waals surface area (Å²) in [6.45, 7) is 0. The molecule has 1 aromatic carbocycles. The van der Waals surface area contributed by atoms with Gasteiger partial charge in [0.1, 0.15) is 17.2 Å². The molecular formula is C15H15FO3. The molecule has 2 unspecified atom stereocenters. The van der Waals surface area contributed by atoms with E-state index in [-0.39, 0.29) is 17.7 Å². The Morgan fingerprint density at radius 1 is 1.26 bits per heavy atom. The lowest BCUT2D eigenvalue weighted by molar-refractivity contribution is -0.143. The zero-order valence-corrected chi connectivity index (χ0v) is 10.4. The molecule has 3 nitrogen and oxygen atoms in total. The molecule has 1 aromatic heterocycles. The van der Waals surface area contributed by atoms with Gasteiger partial charge in [-0.1, -0.05) is 12.8 Å². The lowest BCUT2D eigenvalue weighted by Gasteiger charge is -2.26. The van der Waals surface area contributed by atoms with Crippen LogP contribution < -0.4 is 0 Å². The van der Waals surface area contributed by atoms with E-state index in [4.69, 9.17) is 4.42 Å². The minimum absolute atomic E-state index is 0.0956. The van der Waals surface area contributed by atoms with E-state index < -0.39 is 5.97 Å². The van der Waals surface area contributed by atoms with E-state index in [9.17, 15) is 14.3 Å². The summed E-state index contributed by atoms with van der Waals surface area (Å²) < 4.78 is 18.9. The van der Waals surface area contributed by atoms with Crippen LogP contribution in [0.4, 0.5) is 4.39 Å². The van der Waals surface area contributed by atoms with Crippen molar-refractivity contribution in [3.8, 4) is 0 Å². The zero-order chi connectivity index (χ0) is 13.4. The lowest BCUT2D eigenvalue weighted by atomic mass is 9.78. The van der Waals surface area contributed by atoms with Crippen LogP contribution in [0.3, 0.4) is 0 Å². The number of aliphatic carboxylic acids is 1. The first-order valence-electron chi connectivity index (χ1n) is 6.57. The highest BCUT2D eigenvalue weighted by Gasteiger charge is 2.34. The number of furan rings is 1. The van der Waals surface area contributed by atoms with Crippen molar-refractivity contribution in [1.29, 1.82) is 0 Å². The number of carboxylic acids is 1. The number of benzene rings is 1. The largest absolute Gasteiger partial charge is 0.481 e. The summed E-state index contributed by atoms with van der Waals surface area (Å²) >= 11 is 0. The van der Waals surface area contributed by atoms with Crippen LogP contribution in [0.25, 0.3) is 11.0 Å². The van der Waals surface area contributed by atoms with E-state index in [0.29, 0.717) is 23.2 Å². The van der Waals surface area contributed by atoms with Crippen LogP contribution >= 0.6 is 0 Å². The van der Waals surface area contributed by atoms with Crippen molar-refractivity contribution < 1.29 is 18.7 Å².